The quantitative estimate of drug-likeness (QED) is 0.718. The lowest BCUT2D eigenvalue weighted by Gasteiger charge is -2.19. The van der Waals surface area contributed by atoms with Gasteiger partial charge in [0.05, 0.1) is 24.8 Å². The molecular weight excluding hydrogens is 382 g/mol. The fourth-order valence-corrected chi connectivity index (χ4v) is 2.79. The van der Waals surface area contributed by atoms with Crippen LogP contribution in [0.25, 0.3) is 0 Å². The molecule has 28 heavy (non-hydrogen) atoms. The number of anilines is 1. The average molecular weight is 406 g/mol. The Morgan fingerprint density at radius 2 is 1.68 bits per heavy atom. The van der Waals surface area contributed by atoms with Crippen molar-refractivity contribution < 1.29 is 23.8 Å². The number of nitrogens with one attached hydrogen (secondary N) is 1. The van der Waals surface area contributed by atoms with Crippen molar-refractivity contribution in [2.45, 2.75) is 26.2 Å². The van der Waals surface area contributed by atoms with Gasteiger partial charge in [0.25, 0.3) is 5.91 Å². The van der Waals surface area contributed by atoms with Crippen molar-refractivity contribution in [3.05, 3.63) is 52.5 Å². The zero-order valence-electron chi connectivity index (χ0n) is 16.6. The van der Waals surface area contributed by atoms with Gasteiger partial charge in [-0.05, 0) is 35.2 Å². The van der Waals surface area contributed by atoms with E-state index in [0.29, 0.717) is 17.2 Å². The number of esters is 1. The first-order valence-electron chi connectivity index (χ1n) is 8.64. The number of ether oxygens (including phenoxy) is 3. The Morgan fingerprint density at radius 3 is 2.21 bits per heavy atom. The molecule has 0 aliphatic carbocycles. The highest BCUT2D eigenvalue weighted by atomic mass is 35.5. The van der Waals surface area contributed by atoms with Crippen LogP contribution in [0.1, 0.15) is 36.7 Å². The molecule has 0 saturated heterocycles. The van der Waals surface area contributed by atoms with Gasteiger partial charge in [0.15, 0.2) is 18.1 Å². The van der Waals surface area contributed by atoms with E-state index in [1.807, 2.05) is 24.3 Å². The summed E-state index contributed by atoms with van der Waals surface area (Å²) in [6, 6.07) is 10.4. The Kier molecular flexibility index (Phi) is 6.91. The Labute approximate surface area is 169 Å². The highest BCUT2D eigenvalue weighted by molar-refractivity contribution is 6.32. The molecule has 0 spiro atoms. The van der Waals surface area contributed by atoms with E-state index < -0.39 is 18.5 Å². The van der Waals surface area contributed by atoms with Crippen LogP contribution in [0, 0.1) is 0 Å². The third-order valence-electron chi connectivity index (χ3n) is 4.04. The van der Waals surface area contributed by atoms with E-state index in [1.165, 1.54) is 26.4 Å². The number of hydrogen-bond donors (Lipinski definition) is 1. The van der Waals surface area contributed by atoms with Crippen LogP contribution in [0.4, 0.5) is 5.69 Å². The standard InChI is InChI=1S/C21H24ClNO5/c1-21(2,3)14-6-8-15(9-7-14)23-18(24)12-28-20(25)13-10-16(22)19(27-5)17(11-13)26-4/h6-11H,12H2,1-5H3,(H,23,24). The van der Waals surface area contributed by atoms with Crippen molar-refractivity contribution in [1.29, 1.82) is 0 Å². The summed E-state index contributed by atoms with van der Waals surface area (Å²) >= 11 is 6.08. The van der Waals surface area contributed by atoms with E-state index in [9.17, 15) is 9.59 Å². The van der Waals surface area contributed by atoms with Crippen LogP contribution in [0.5, 0.6) is 11.5 Å². The molecule has 0 radical (unpaired) electrons. The Bertz CT molecular complexity index is 856. The maximum atomic E-state index is 12.2. The SMILES string of the molecule is COc1cc(C(=O)OCC(=O)Nc2ccc(C(C)(C)C)cc2)cc(Cl)c1OC. The van der Waals surface area contributed by atoms with Crippen LogP contribution in [-0.4, -0.2) is 32.7 Å². The van der Waals surface area contributed by atoms with Crippen molar-refractivity contribution in [2.24, 2.45) is 0 Å². The number of rotatable bonds is 6. The number of methoxy groups -OCH3 is 2. The van der Waals surface area contributed by atoms with Crippen molar-refractivity contribution in [3.63, 3.8) is 0 Å². The second-order valence-electron chi connectivity index (χ2n) is 7.15. The number of halogens is 1. The van der Waals surface area contributed by atoms with Crippen LogP contribution in [-0.2, 0) is 14.9 Å². The molecule has 0 aliphatic heterocycles. The first-order valence-corrected chi connectivity index (χ1v) is 9.02. The average Bonchev–Trinajstić information content (AvgIpc) is 2.65. The summed E-state index contributed by atoms with van der Waals surface area (Å²) < 4.78 is 15.3. The molecule has 2 aromatic rings. The van der Waals surface area contributed by atoms with Crippen LogP contribution < -0.4 is 14.8 Å². The lowest BCUT2D eigenvalue weighted by Crippen LogP contribution is -2.21. The van der Waals surface area contributed by atoms with E-state index in [-0.39, 0.29) is 16.0 Å². The van der Waals surface area contributed by atoms with E-state index >= 15 is 0 Å². The summed E-state index contributed by atoms with van der Waals surface area (Å²) in [5, 5.41) is 2.90. The highest BCUT2D eigenvalue weighted by Crippen LogP contribution is 2.36. The lowest BCUT2D eigenvalue weighted by molar-refractivity contribution is -0.119. The maximum Gasteiger partial charge on any atom is 0.338 e. The third-order valence-corrected chi connectivity index (χ3v) is 4.32. The van der Waals surface area contributed by atoms with Crippen molar-refractivity contribution in [3.8, 4) is 11.5 Å². The third kappa shape index (κ3) is 5.39. The second-order valence-corrected chi connectivity index (χ2v) is 7.55. The number of hydrogen-bond acceptors (Lipinski definition) is 5. The molecule has 0 unspecified atom stereocenters. The van der Waals surface area contributed by atoms with Gasteiger partial charge in [-0.15, -0.1) is 0 Å². The molecule has 0 aromatic heterocycles. The van der Waals surface area contributed by atoms with E-state index in [4.69, 9.17) is 25.8 Å². The van der Waals surface area contributed by atoms with Crippen LogP contribution >= 0.6 is 11.6 Å². The molecule has 1 N–H and O–H groups in total. The van der Waals surface area contributed by atoms with Gasteiger partial charge in [0, 0.05) is 5.69 Å². The smallest absolute Gasteiger partial charge is 0.338 e. The van der Waals surface area contributed by atoms with Gasteiger partial charge < -0.3 is 19.5 Å². The molecule has 0 aliphatic rings. The summed E-state index contributed by atoms with van der Waals surface area (Å²) in [5.41, 5.74) is 1.97. The predicted molar refractivity (Wildman–Crippen MR) is 109 cm³/mol. The first kappa shape index (κ1) is 21.6. The van der Waals surface area contributed by atoms with Crippen molar-refractivity contribution in [1.82, 2.24) is 0 Å². The summed E-state index contributed by atoms with van der Waals surface area (Å²) in [7, 11) is 2.88. The van der Waals surface area contributed by atoms with Gasteiger partial charge in [-0.1, -0.05) is 44.5 Å². The molecule has 0 fully saturated rings. The van der Waals surface area contributed by atoms with Crippen molar-refractivity contribution in [2.75, 3.05) is 26.1 Å². The minimum Gasteiger partial charge on any atom is -0.493 e. The monoisotopic (exact) mass is 405 g/mol. The number of benzene rings is 2. The zero-order chi connectivity index (χ0) is 20.9. The molecule has 0 atom stereocenters. The van der Waals surface area contributed by atoms with Gasteiger partial charge in [-0.2, -0.15) is 0 Å². The van der Waals surface area contributed by atoms with Gasteiger partial charge in [-0.3, -0.25) is 4.79 Å². The summed E-state index contributed by atoms with van der Waals surface area (Å²) in [5.74, 6) is -0.521. The molecule has 0 bridgehead atoms. The molecule has 0 heterocycles. The molecule has 0 saturated carbocycles. The van der Waals surface area contributed by atoms with E-state index in [2.05, 4.69) is 26.1 Å². The van der Waals surface area contributed by atoms with Gasteiger partial charge in [0.2, 0.25) is 0 Å². The maximum absolute atomic E-state index is 12.2. The fraction of sp³-hybridized carbons (Fsp3) is 0.333. The van der Waals surface area contributed by atoms with Gasteiger partial charge in [0.1, 0.15) is 0 Å². The number of carbonyl (C=O) groups excluding carboxylic acids is 2. The normalized spacial score (nSPS) is 10.9. The minimum absolute atomic E-state index is 0.0266. The van der Waals surface area contributed by atoms with Crippen LogP contribution in [0.15, 0.2) is 36.4 Å². The second kappa shape index (κ2) is 8.97. The first-order chi connectivity index (χ1) is 13.2. The zero-order valence-corrected chi connectivity index (χ0v) is 17.3. The molecule has 7 heteroatoms. The Hall–Kier alpha value is -2.73. The largest absolute Gasteiger partial charge is 0.493 e. The van der Waals surface area contributed by atoms with Gasteiger partial charge >= 0.3 is 5.97 Å². The molecule has 1 amide bonds. The van der Waals surface area contributed by atoms with Gasteiger partial charge in [-0.25, -0.2) is 4.79 Å². The Morgan fingerprint density at radius 1 is 1.04 bits per heavy atom. The van der Waals surface area contributed by atoms with Crippen LogP contribution in [0.2, 0.25) is 5.02 Å². The molecule has 150 valence electrons. The molecule has 2 rings (SSSR count). The predicted octanol–water partition coefficient (Wildman–Crippen LogP) is 4.45. The van der Waals surface area contributed by atoms with Crippen molar-refractivity contribution >= 4 is 29.2 Å². The fourth-order valence-electron chi connectivity index (χ4n) is 2.50. The molecule has 6 nitrogen and oxygen atoms in total. The van der Waals surface area contributed by atoms with E-state index in [1.54, 1.807) is 0 Å². The molecular formula is C21H24ClNO5. The Balaban J connectivity index is 1.97. The highest BCUT2D eigenvalue weighted by Gasteiger charge is 2.17. The molecule has 2 aromatic carbocycles. The van der Waals surface area contributed by atoms with E-state index in [0.717, 1.165) is 5.56 Å². The van der Waals surface area contributed by atoms with Crippen LogP contribution in [0.3, 0.4) is 0 Å². The minimum atomic E-state index is -0.693. The summed E-state index contributed by atoms with van der Waals surface area (Å²) in [6.07, 6.45) is 0. The summed E-state index contributed by atoms with van der Waals surface area (Å²) in [6.45, 7) is 5.91. The number of carbonyl (C=O) groups is 2. The summed E-state index contributed by atoms with van der Waals surface area (Å²) in [4.78, 5) is 24.3. The number of amides is 1. The topological polar surface area (TPSA) is 73.9 Å². The lowest BCUT2D eigenvalue weighted by atomic mass is 9.87.